The Labute approximate surface area is 225 Å². The summed E-state index contributed by atoms with van der Waals surface area (Å²) in [6.45, 7) is 2.72. The highest BCUT2D eigenvalue weighted by Gasteiger charge is 2.41. The Morgan fingerprint density at radius 3 is 2.64 bits per heavy atom. The molecule has 2 unspecified atom stereocenters. The minimum atomic E-state index is -4.61. The molecule has 1 saturated heterocycles. The number of amides is 1. The maximum Gasteiger partial charge on any atom is 0.451 e. The smallest absolute Gasteiger partial charge is 0.451 e. The molecule has 10 nitrogen and oxygen atoms in total. The van der Waals surface area contributed by atoms with E-state index in [4.69, 9.17) is 16.3 Å². The van der Waals surface area contributed by atoms with Crippen molar-refractivity contribution in [2.45, 2.75) is 32.6 Å². The molecule has 1 fully saturated rings. The summed E-state index contributed by atoms with van der Waals surface area (Å²) in [6.07, 6.45) is -4.18. The number of anilines is 1. The number of carbonyl (C=O) groups is 2. The Kier molecular flexibility index (Phi) is 6.84. The normalized spacial score (nSPS) is 19.5. The first-order valence-corrected chi connectivity index (χ1v) is 12.6. The standard InChI is InChI=1S/C25H23ClF3N7O3/c1-13-11-34(21-16-9-14(26)3-4-18(16)31-20(17(21)10-30)23(38)39-2)6-5-15(13)22(37)35-7-8-36-19(12-35)32-33-24(36)25(27,28)29/h3-4,9,13,15H,5-8,11-12H2,1-2H3. The third-order valence-corrected chi connectivity index (χ3v) is 7.50. The van der Waals surface area contributed by atoms with Gasteiger partial charge in [0.1, 0.15) is 11.6 Å². The molecule has 0 bridgehead atoms. The Morgan fingerprint density at radius 2 is 1.97 bits per heavy atom. The van der Waals surface area contributed by atoms with E-state index in [1.807, 2.05) is 11.8 Å². The van der Waals surface area contributed by atoms with Crippen LogP contribution < -0.4 is 4.90 Å². The number of alkyl halides is 3. The van der Waals surface area contributed by atoms with E-state index in [2.05, 4.69) is 21.3 Å². The van der Waals surface area contributed by atoms with E-state index >= 15 is 0 Å². The molecule has 4 heterocycles. The summed E-state index contributed by atoms with van der Waals surface area (Å²) in [7, 11) is 1.21. The van der Waals surface area contributed by atoms with Gasteiger partial charge < -0.3 is 19.1 Å². The maximum atomic E-state index is 13.5. The van der Waals surface area contributed by atoms with Gasteiger partial charge in [0.05, 0.1) is 24.9 Å². The highest BCUT2D eigenvalue weighted by molar-refractivity contribution is 6.31. The molecule has 5 rings (SSSR count). The van der Waals surface area contributed by atoms with Crippen LogP contribution in [-0.2, 0) is 28.8 Å². The van der Waals surface area contributed by atoms with E-state index in [9.17, 15) is 28.0 Å². The predicted octanol–water partition coefficient (Wildman–Crippen LogP) is 3.66. The largest absolute Gasteiger partial charge is 0.464 e. The number of fused-ring (bicyclic) bond motifs is 2. The molecule has 0 N–H and O–H groups in total. The average Bonchev–Trinajstić information content (AvgIpc) is 3.35. The zero-order valence-electron chi connectivity index (χ0n) is 21.0. The summed E-state index contributed by atoms with van der Waals surface area (Å²) in [4.78, 5) is 33.7. The predicted molar refractivity (Wildman–Crippen MR) is 133 cm³/mol. The van der Waals surface area contributed by atoms with Crippen molar-refractivity contribution in [3.8, 4) is 6.07 Å². The number of pyridine rings is 1. The monoisotopic (exact) mass is 561 g/mol. The van der Waals surface area contributed by atoms with Gasteiger partial charge in [-0.25, -0.2) is 9.78 Å². The highest BCUT2D eigenvalue weighted by Crippen LogP contribution is 2.38. The van der Waals surface area contributed by atoms with Gasteiger partial charge in [-0.2, -0.15) is 18.4 Å². The maximum absolute atomic E-state index is 13.5. The molecule has 3 aromatic rings. The third kappa shape index (κ3) is 4.73. The van der Waals surface area contributed by atoms with Gasteiger partial charge in [-0.1, -0.05) is 18.5 Å². The topological polar surface area (TPSA) is 117 Å². The lowest BCUT2D eigenvalue weighted by Crippen LogP contribution is -2.49. The van der Waals surface area contributed by atoms with E-state index in [1.54, 1.807) is 18.2 Å². The molecular formula is C25H23ClF3N7O3. The van der Waals surface area contributed by atoms with Gasteiger partial charge in [0.25, 0.3) is 0 Å². The summed E-state index contributed by atoms with van der Waals surface area (Å²) in [5, 5.41) is 18.0. The molecule has 204 valence electrons. The van der Waals surface area contributed by atoms with Crippen molar-refractivity contribution in [2.24, 2.45) is 11.8 Å². The van der Waals surface area contributed by atoms with Crippen molar-refractivity contribution in [1.29, 1.82) is 5.26 Å². The molecule has 2 aliphatic heterocycles. The van der Waals surface area contributed by atoms with E-state index in [1.165, 1.54) is 12.0 Å². The van der Waals surface area contributed by atoms with Crippen molar-refractivity contribution >= 4 is 40.1 Å². The molecule has 2 aromatic heterocycles. The second kappa shape index (κ2) is 10.00. The Hall–Kier alpha value is -3.92. The van der Waals surface area contributed by atoms with Crippen LogP contribution >= 0.6 is 11.6 Å². The fourth-order valence-electron chi connectivity index (χ4n) is 5.40. The molecule has 2 atom stereocenters. The van der Waals surface area contributed by atoms with Crippen LogP contribution in [0.4, 0.5) is 18.9 Å². The van der Waals surface area contributed by atoms with E-state index < -0.39 is 18.0 Å². The zero-order valence-corrected chi connectivity index (χ0v) is 21.8. The molecule has 0 aliphatic carbocycles. The fraction of sp³-hybridized carbons (Fsp3) is 0.440. The molecule has 0 radical (unpaired) electrons. The van der Waals surface area contributed by atoms with Crippen LogP contribution in [0, 0.1) is 23.2 Å². The summed E-state index contributed by atoms with van der Waals surface area (Å²) in [6, 6.07) is 7.07. The second-order valence-corrected chi connectivity index (χ2v) is 10.1. The van der Waals surface area contributed by atoms with Gasteiger partial charge in [0.15, 0.2) is 11.5 Å². The molecule has 1 amide bonds. The number of hydrogen-bond donors (Lipinski definition) is 0. The number of esters is 1. The number of benzene rings is 1. The Balaban J connectivity index is 1.40. The fourth-order valence-corrected chi connectivity index (χ4v) is 5.58. The number of halogens is 4. The number of methoxy groups -OCH3 is 1. The quantitative estimate of drug-likeness (QED) is 0.445. The zero-order chi connectivity index (χ0) is 28.1. The lowest BCUT2D eigenvalue weighted by Gasteiger charge is -2.40. The third-order valence-electron chi connectivity index (χ3n) is 7.27. The number of piperidine rings is 1. The SMILES string of the molecule is COC(=O)c1nc2ccc(Cl)cc2c(N2CCC(C(=O)N3CCn4c(nnc4C(F)(F)F)C3)C(C)C2)c1C#N. The number of nitrogens with zero attached hydrogens (tertiary/aromatic N) is 7. The number of rotatable bonds is 3. The number of hydrogen-bond acceptors (Lipinski definition) is 8. The summed E-state index contributed by atoms with van der Waals surface area (Å²) in [5.41, 5.74) is 0.917. The van der Waals surface area contributed by atoms with E-state index in [0.29, 0.717) is 41.1 Å². The van der Waals surface area contributed by atoms with Crippen LogP contribution in [0.15, 0.2) is 18.2 Å². The van der Waals surface area contributed by atoms with Crippen molar-refractivity contribution in [3.63, 3.8) is 0 Å². The molecule has 39 heavy (non-hydrogen) atoms. The Morgan fingerprint density at radius 1 is 1.21 bits per heavy atom. The van der Waals surface area contributed by atoms with E-state index in [0.717, 1.165) is 4.57 Å². The molecule has 0 saturated carbocycles. The van der Waals surface area contributed by atoms with Gasteiger partial charge in [-0.05, 0) is 30.5 Å². The first kappa shape index (κ1) is 26.7. The number of carbonyl (C=O) groups excluding carboxylic acids is 2. The van der Waals surface area contributed by atoms with Crippen molar-refractivity contribution in [1.82, 2.24) is 24.6 Å². The van der Waals surface area contributed by atoms with Crippen LogP contribution in [0.25, 0.3) is 10.9 Å². The Bertz CT molecular complexity index is 1520. The summed E-state index contributed by atoms with van der Waals surface area (Å²) < 4.78 is 45.4. The van der Waals surface area contributed by atoms with Gasteiger partial charge in [0.2, 0.25) is 11.7 Å². The van der Waals surface area contributed by atoms with Crippen LogP contribution in [0.2, 0.25) is 5.02 Å². The average molecular weight is 562 g/mol. The van der Waals surface area contributed by atoms with Crippen molar-refractivity contribution < 1.29 is 27.5 Å². The van der Waals surface area contributed by atoms with Crippen molar-refractivity contribution in [3.05, 3.63) is 46.1 Å². The van der Waals surface area contributed by atoms with Gasteiger partial charge >= 0.3 is 12.1 Å². The number of nitriles is 1. The van der Waals surface area contributed by atoms with Gasteiger partial charge in [0, 0.05) is 42.5 Å². The molecular weight excluding hydrogens is 539 g/mol. The van der Waals surface area contributed by atoms with Crippen LogP contribution in [0.1, 0.15) is 41.0 Å². The van der Waals surface area contributed by atoms with Crippen LogP contribution in [-0.4, -0.2) is 63.3 Å². The minimum absolute atomic E-state index is 0.0399. The first-order chi connectivity index (χ1) is 18.5. The highest BCUT2D eigenvalue weighted by atomic mass is 35.5. The molecule has 2 aliphatic rings. The molecule has 1 aromatic carbocycles. The lowest BCUT2D eigenvalue weighted by atomic mass is 9.85. The molecule has 14 heteroatoms. The summed E-state index contributed by atoms with van der Waals surface area (Å²) in [5.74, 6) is -2.43. The van der Waals surface area contributed by atoms with Crippen molar-refractivity contribution in [2.75, 3.05) is 31.6 Å². The minimum Gasteiger partial charge on any atom is -0.464 e. The second-order valence-electron chi connectivity index (χ2n) is 9.62. The summed E-state index contributed by atoms with van der Waals surface area (Å²) >= 11 is 6.25. The number of aromatic nitrogens is 4. The molecule has 0 spiro atoms. The van der Waals surface area contributed by atoms with E-state index in [-0.39, 0.29) is 54.5 Å². The lowest BCUT2D eigenvalue weighted by molar-refractivity contribution is -0.148. The van der Waals surface area contributed by atoms with Crippen LogP contribution in [0.5, 0.6) is 0 Å². The van der Waals surface area contributed by atoms with Crippen LogP contribution in [0.3, 0.4) is 0 Å². The number of ether oxygens (including phenoxy) is 1. The van der Waals surface area contributed by atoms with Gasteiger partial charge in [-0.15, -0.1) is 10.2 Å². The van der Waals surface area contributed by atoms with Gasteiger partial charge in [-0.3, -0.25) is 4.79 Å². The first-order valence-electron chi connectivity index (χ1n) is 12.2.